The number of nitrogens with zero attached hydrogens (tertiary/aromatic N) is 2. The summed E-state index contributed by atoms with van der Waals surface area (Å²) in [5, 5.41) is 19.7. The third-order valence-corrected chi connectivity index (χ3v) is 6.80. The Morgan fingerprint density at radius 2 is 1.73 bits per heavy atom. The maximum atomic E-state index is 13.9. The van der Waals surface area contributed by atoms with E-state index in [-0.39, 0.29) is 25.5 Å². The van der Waals surface area contributed by atoms with Crippen LogP contribution in [0.15, 0.2) is 72.8 Å². The van der Waals surface area contributed by atoms with Crippen molar-refractivity contribution < 1.29 is 23.5 Å². The van der Waals surface area contributed by atoms with Crippen LogP contribution in [0.3, 0.4) is 0 Å². The molecule has 1 fully saturated rings. The molecule has 10 heteroatoms. The summed E-state index contributed by atoms with van der Waals surface area (Å²) in [5.74, 6) is -1.97. The molecule has 3 aromatic rings. The van der Waals surface area contributed by atoms with Gasteiger partial charge in [0.2, 0.25) is 5.91 Å². The minimum atomic E-state index is -1.08. The second-order valence-corrected chi connectivity index (χ2v) is 10.2. The zero-order valence-electron chi connectivity index (χ0n) is 22.6. The molecule has 2 unspecified atom stereocenters. The molecule has 40 heavy (non-hydrogen) atoms. The number of aliphatic hydroxyl groups is 1. The standard InChI is InChI=1S/C30H35F2N5O3/c1-36(2)25-10-6-9-21(13-25)16-33-17-28(38)26(14-22-11-23(31)15-24(32)12-22)34-29(39)27-19-37(30(40)35-27)18-20-7-4-3-5-8-20/h3-13,15,26-28,33,38H,14,16-19H2,1-2H3,(H,34,39)(H,35,40)/t26?,27-,28?/m0/s1. The van der Waals surface area contributed by atoms with Gasteiger partial charge in [-0.05, 0) is 47.4 Å². The number of benzene rings is 3. The summed E-state index contributed by atoms with van der Waals surface area (Å²) in [6, 6.07) is 18.4. The van der Waals surface area contributed by atoms with Crippen molar-refractivity contribution in [1.82, 2.24) is 20.9 Å². The van der Waals surface area contributed by atoms with Gasteiger partial charge in [-0.2, -0.15) is 0 Å². The van der Waals surface area contributed by atoms with Crippen molar-refractivity contribution >= 4 is 17.6 Å². The summed E-state index contributed by atoms with van der Waals surface area (Å²) in [6.07, 6.45) is -1.09. The van der Waals surface area contributed by atoms with E-state index >= 15 is 0 Å². The van der Waals surface area contributed by atoms with E-state index in [9.17, 15) is 23.5 Å². The SMILES string of the molecule is CN(C)c1cccc(CNCC(O)C(Cc2cc(F)cc(F)c2)NC(=O)[C@@H]2CN(Cc3ccccc3)C(=O)N2)c1. The van der Waals surface area contributed by atoms with Crippen LogP contribution in [0.4, 0.5) is 19.3 Å². The summed E-state index contributed by atoms with van der Waals surface area (Å²) in [5.41, 5.74) is 3.28. The quantitative estimate of drug-likeness (QED) is 0.278. The van der Waals surface area contributed by atoms with Crippen LogP contribution in [0.1, 0.15) is 16.7 Å². The fraction of sp³-hybridized carbons (Fsp3) is 0.333. The molecule has 0 saturated carbocycles. The van der Waals surface area contributed by atoms with Crippen LogP contribution in [-0.2, 0) is 24.3 Å². The maximum absolute atomic E-state index is 13.9. The van der Waals surface area contributed by atoms with Crippen molar-refractivity contribution in [3.05, 3.63) is 101 Å². The predicted octanol–water partition coefficient (Wildman–Crippen LogP) is 2.80. The van der Waals surface area contributed by atoms with Gasteiger partial charge in [0.15, 0.2) is 0 Å². The highest BCUT2D eigenvalue weighted by molar-refractivity contribution is 5.90. The Kier molecular flexibility index (Phi) is 9.68. The summed E-state index contributed by atoms with van der Waals surface area (Å²) in [6.45, 7) is 1.09. The Hall–Kier alpha value is -4.02. The molecule has 4 rings (SSSR count). The van der Waals surface area contributed by atoms with E-state index in [4.69, 9.17) is 0 Å². The van der Waals surface area contributed by atoms with Crippen LogP contribution in [0.25, 0.3) is 0 Å². The molecular weight excluding hydrogens is 516 g/mol. The Labute approximate surface area is 233 Å². The van der Waals surface area contributed by atoms with Gasteiger partial charge in [-0.15, -0.1) is 0 Å². The Balaban J connectivity index is 1.41. The van der Waals surface area contributed by atoms with E-state index in [0.717, 1.165) is 22.9 Å². The topological polar surface area (TPSA) is 96.9 Å². The van der Waals surface area contributed by atoms with Gasteiger partial charge in [0.05, 0.1) is 18.7 Å². The minimum Gasteiger partial charge on any atom is -0.390 e. The van der Waals surface area contributed by atoms with Crippen molar-refractivity contribution in [2.45, 2.75) is 37.7 Å². The predicted molar refractivity (Wildman–Crippen MR) is 150 cm³/mol. The fourth-order valence-electron chi connectivity index (χ4n) is 4.68. The van der Waals surface area contributed by atoms with Gasteiger partial charge in [0.25, 0.3) is 0 Å². The summed E-state index contributed by atoms with van der Waals surface area (Å²) in [4.78, 5) is 29.2. The first kappa shape index (κ1) is 29.0. The van der Waals surface area contributed by atoms with Gasteiger partial charge in [-0.25, -0.2) is 13.6 Å². The smallest absolute Gasteiger partial charge is 0.318 e. The average molecular weight is 552 g/mol. The van der Waals surface area contributed by atoms with Crippen molar-refractivity contribution in [3.8, 4) is 0 Å². The van der Waals surface area contributed by atoms with E-state index in [0.29, 0.717) is 18.7 Å². The number of hydrogen-bond acceptors (Lipinski definition) is 5. The van der Waals surface area contributed by atoms with Crippen molar-refractivity contribution in [2.24, 2.45) is 0 Å². The fourth-order valence-corrected chi connectivity index (χ4v) is 4.68. The number of halogens is 2. The number of carbonyl (C=O) groups is 2. The van der Waals surface area contributed by atoms with Gasteiger partial charge < -0.3 is 30.9 Å². The minimum absolute atomic E-state index is 0.00617. The number of amides is 3. The van der Waals surface area contributed by atoms with Gasteiger partial charge in [0, 0.05) is 45.5 Å². The Morgan fingerprint density at radius 1 is 1.02 bits per heavy atom. The van der Waals surface area contributed by atoms with Crippen molar-refractivity contribution in [1.29, 1.82) is 0 Å². The molecule has 212 valence electrons. The molecule has 1 saturated heterocycles. The van der Waals surface area contributed by atoms with E-state index in [1.165, 1.54) is 17.0 Å². The molecule has 3 amide bonds. The number of anilines is 1. The monoisotopic (exact) mass is 551 g/mol. The number of nitrogens with one attached hydrogen (secondary N) is 3. The highest BCUT2D eigenvalue weighted by atomic mass is 19.1. The number of urea groups is 1. The first-order chi connectivity index (χ1) is 19.2. The summed E-state index contributed by atoms with van der Waals surface area (Å²) in [7, 11) is 3.90. The van der Waals surface area contributed by atoms with Crippen molar-refractivity contribution in [3.63, 3.8) is 0 Å². The Morgan fingerprint density at radius 3 is 2.42 bits per heavy atom. The Bertz CT molecular complexity index is 1290. The molecule has 3 atom stereocenters. The molecule has 0 bridgehead atoms. The van der Waals surface area contributed by atoms with Gasteiger partial charge >= 0.3 is 6.03 Å². The van der Waals surface area contributed by atoms with Crippen LogP contribution < -0.4 is 20.9 Å². The lowest BCUT2D eigenvalue weighted by atomic mass is 10.00. The van der Waals surface area contributed by atoms with Crippen LogP contribution in [0.5, 0.6) is 0 Å². The molecule has 3 aromatic carbocycles. The summed E-state index contributed by atoms with van der Waals surface area (Å²) < 4.78 is 27.7. The highest BCUT2D eigenvalue weighted by Crippen LogP contribution is 2.15. The summed E-state index contributed by atoms with van der Waals surface area (Å²) >= 11 is 0. The van der Waals surface area contributed by atoms with Crippen molar-refractivity contribution in [2.75, 3.05) is 32.1 Å². The molecule has 1 aliphatic heterocycles. The van der Waals surface area contributed by atoms with Gasteiger partial charge in [0.1, 0.15) is 17.7 Å². The van der Waals surface area contributed by atoms with E-state index < -0.39 is 35.7 Å². The third-order valence-electron chi connectivity index (χ3n) is 6.80. The average Bonchev–Trinajstić information content (AvgIpc) is 3.28. The largest absolute Gasteiger partial charge is 0.390 e. The first-order valence-electron chi connectivity index (χ1n) is 13.2. The van der Waals surface area contributed by atoms with Crippen LogP contribution in [0, 0.1) is 11.6 Å². The molecule has 4 N–H and O–H groups in total. The number of aliphatic hydroxyl groups excluding tert-OH is 1. The van der Waals surface area contributed by atoms with Gasteiger partial charge in [-0.1, -0.05) is 42.5 Å². The third kappa shape index (κ3) is 8.00. The lowest BCUT2D eigenvalue weighted by Crippen LogP contribution is -2.53. The molecule has 8 nitrogen and oxygen atoms in total. The normalized spacial score (nSPS) is 16.4. The lowest BCUT2D eigenvalue weighted by Gasteiger charge is -2.26. The molecule has 0 aliphatic carbocycles. The number of rotatable bonds is 12. The van der Waals surface area contributed by atoms with E-state index in [1.807, 2.05) is 73.6 Å². The highest BCUT2D eigenvalue weighted by Gasteiger charge is 2.35. The zero-order valence-corrected chi connectivity index (χ0v) is 22.6. The first-order valence-corrected chi connectivity index (χ1v) is 13.2. The van der Waals surface area contributed by atoms with E-state index in [1.54, 1.807) is 0 Å². The second kappa shape index (κ2) is 13.4. The molecule has 0 radical (unpaired) electrons. The molecule has 0 aromatic heterocycles. The molecule has 1 heterocycles. The maximum Gasteiger partial charge on any atom is 0.318 e. The number of hydrogen-bond donors (Lipinski definition) is 4. The van der Waals surface area contributed by atoms with Crippen LogP contribution in [0.2, 0.25) is 0 Å². The van der Waals surface area contributed by atoms with Gasteiger partial charge in [-0.3, -0.25) is 4.79 Å². The molecule has 0 spiro atoms. The number of carbonyl (C=O) groups excluding carboxylic acids is 2. The molecule has 1 aliphatic rings. The van der Waals surface area contributed by atoms with Crippen LogP contribution in [-0.4, -0.2) is 67.3 Å². The van der Waals surface area contributed by atoms with Crippen LogP contribution >= 0.6 is 0 Å². The lowest BCUT2D eigenvalue weighted by molar-refractivity contribution is -0.124. The molecular formula is C30H35F2N5O3. The van der Waals surface area contributed by atoms with E-state index in [2.05, 4.69) is 16.0 Å². The second-order valence-electron chi connectivity index (χ2n) is 10.2. The zero-order chi connectivity index (χ0) is 28.6.